The Balaban J connectivity index is 0.00000256. The van der Waals surface area contributed by atoms with E-state index in [1.54, 1.807) is 23.1 Å². The Morgan fingerprint density at radius 1 is 1.65 bits per heavy atom. The predicted molar refractivity (Wildman–Crippen MR) is 79.3 cm³/mol. The second kappa shape index (κ2) is 9.76. The number of halogens is 1. The Kier molecular flexibility index (Phi) is 9.63. The fourth-order valence-corrected chi connectivity index (χ4v) is 2.46. The molecule has 17 heavy (non-hydrogen) atoms. The van der Waals surface area contributed by atoms with Gasteiger partial charge >= 0.3 is 0 Å². The third kappa shape index (κ3) is 6.93. The zero-order valence-electron chi connectivity index (χ0n) is 9.85. The van der Waals surface area contributed by atoms with Crippen LogP contribution in [0.25, 0.3) is 0 Å². The molecule has 0 radical (unpaired) electrons. The number of nitrogens with one attached hydrogen (secondary N) is 1. The molecular weight excluding hydrogens is 276 g/mol. The number of thioether (sulfide) groups is 1. The van der Waals surface area contributed by atoms with Crippen molar-refractivity contribution < 1.29 is 4.79 Å². The lowest BCUT2D eigenvalue weighted by Gasteiger charge is -2.11. The Morgan fingerprint density at radius 3 is 3.00 bits per heavy atom. The summed E-state index contributed by atoms with van der Waals surface area (Å²) in [5, 5.41) is 7.00. The highest BCUT2D eigenvalue weighted by Gasteiger charge is 2.11. The molecule has 1 rings (SSSR count). The van der Waals surface area contributed by atoms with Crippen molar-refractivity contribution in [3.05, 3.63) is 22.4 Å². The maximum absolute atomic E-state index is 11.5. The van der Waals surface area contributed by atoms with Crippen LogP contribution in [0.4, 0.5) is 0 Å². The van der Waals surface area contributed by atoms with Gasteiger partial charge in [0, 0.05) is 6.54 Å². The molecule has 0 aromatic carbocycles. The van der Waals surface area contributed by atoms with Gasteiger partial charge in [-0.05, 0) is 47.2 Å². The lowest BCUT2D eigenvalue weighted by molar-refractivity contribution is -0.122. The highest BCUT2D eigenvalue weighted by molar-refractivity contribution is 7.98. The third-order valence-electron chi connectivity index (χ3n) is 2.26. The van der Waals surface area contributed by atoms with Gasteiger partial charge in [-0.1, -0.05) is 0 Å². The van der Waals surface area contributed by atoms with Crippen LogP contribution in [-0.2, 0) is 11.2 Å². The van der Waals surface area contributed by atoms with E-state index in [2.05, 4.69) is 16.8 Å². The highest BCUT2D eigenvalue weighted by Crippen LogP contribution is 2.05. The average molecular weight is 295 g/mol. The lowest BCUT2D eigenvalue weighted by Crippen LogP contribution is -2.41. The van der Waals surface area contributed by atoms with Crippen LogP contribution in [0.3, 0.4) is 0 Å². The van der Waals surface area contributed by atoms with Crippen molar-refractivity contribution in [1.29, 1.82) is 0 Å². The Bertz CT molecular complexity index is 306. The summed E-state index contributed by atoms with van der Waals surface area (Å²) < 4.78 is 0. The fourth-order valence-electron chi connectivity index (χ4n) is 1.27. The summed E-state index contributed by atoms with van der Waals surface area (Å²) in [7, 11) is 0. The van der Waals surface area contributed by atoms with E-state index in [1.165, 1.54) is 5.56 Å². The van der Waals surface area contributed by atoms with Gasteiger partial charge in [0.2, 0.25) is 5.91 Å². The van der Waals surface area contributed by atoms with E-state index in [0.29, 0.717) is 6.54 Å². The number of rotatable bonds is 7. The standard InChI is InChI=1S/C11H18N2OS2.ClH/c1-15-6-4-10(12)11(14)13-5-2-9-3-7-16-8-9;/h3,7-8,10H,2,4-6,12H2,1H3,(H,13,14);1H/t10-;/m0./s1. The third-order valence-corrected chi connectivity index (χ3v) is 3.64. The molecule has 1 amide bonds. The molecular formula is C11H19ClN2OS2. The van der Waals surface area contributed by atoms with E-state index in [4.69, 9.17) is 5.73 Å². The van der Waals surface area contributed by atoms with Crippen LogP contribution in [0.2, 0.25) is 0 Å². The number of amides is 1. The SMILES string of the molecule is CSCC[C@H](N)C(=O)NCCc1ccsc1.Cl. The molecule has 0 aliphatic heterocycles. The molecule has 98 valence electrons. The normalized spacial score (nSPS) is 11.6. The Labute approximate surface area is 117 Å². The average Bonchev–Trinajstić information content (AvgIpc) is 2.78. The monoisotopic (exact) mass is 294 g/mol. The first kappa shape index (κ1) is 16.8. The number of carbonyl (C=O) groups is 1. The zero-order chi connectivity index (χ0) is 11.8. The topological polar surface area (TPSA) is 55.1 Å². The summed E-state index contributed by atoms with van der Waals surface area (Å²) in [6, 6.07) is 1.71. The number of thiophene rings is 1. The summed E-state index contributed by atoms with van der Waals surface area (Å²) in [6.07, 6.45) is 3.64. The van der Waals surface area contributed by atoms with Crippen LogP contribution in [-0.4, -0.2) is 30.5 Å². The molecule has 0 aliphatic rings. The first-order valence-electron chi connectivity index (χ1n) is 5.27. The van der Waals surface area contributed by atoms with Crippen molar-refractivity contribution in [2.45, 2.75) is 18.9 Å². The number of carbonyl (C=O) groups excluding carboxylic acids is 1. The maximum atomic E-state index is 11.5. The lowest BCUT2D eigenvalue weighted by atomic mass is 10.2. The molecule has 0 unspecified atom stereocenters. The summed E-state index contributed by atoms with van der Waals surface area (Å²) >= 11 is 3.39. The van der Waals surface area contributed by atoms with E-state index >= 15 is 0 Å². The molecule has 1 aromatic rings. The second-order valence-corrected chi connectivity index (χ2v) is 5.33. The molecule has 1 heterocycles. The molecule has 0 aliphatic carbocycles. The Hall–Kier alpha value is -0.230. The zero-order valence-corrected chi connectivity index (χ0v) is 12.3. The molecule has 0 saturated heterocycles. The predicted octanol–water partition coefficient (Wildman–Crippen LogP) is 1.91. The molecule has 0 fully saturated rings. The fraction of sp³-hybridized carbons (Fsp3) is 0.545. The minimum atomic E-state index is -0.366. The van der Waals surface area contributed by atoms with Gasteiger partial charge in [-0.3, -0.25) is 4.79 Å². The molecule has 0 saturated carbocycles. The van der Waals surface area contributed by atoms with E-state index in [0.717, 1.165) is 18.6 Å². The van der Waals surface area contributed by atoms with Gasteiger partial charge in [-0.15, -0.1) is 12.4 Å². The smallest absolute Gasteiger partial charge is 0.236 e. The largest absolute Gasteiger partial charge is 0.354 e. The number of hydrogen-bond acceptors (Lipinski definition) is 4. The van der Waals surface area contributed by atoms with Crippen molar-refractivity contribution in [3.8, 4) is 0 Å². The van der Waals surface area contributed by atoms with Crippen LogP contribution >= 0.6 is 35.5 Å². The summed E-state index contributed by atoms with van der Waals surface area (Å²) in [5.74, 6) is 0.892. The van der Waals surface area contributed by atoms with Crippen molar-refractivity contribution in [3.63, 3.8) is 0 Å². The molecule has 3 N–H and O–H groups in total. The quantitative estimate of drug-likeness (QED) is 0.808. The van der Waals surface area contributed by atoms with Gasteiger partial charge in [-0.25, -0.2) is 0 Å². The van der Waals surface area contributed by atoms with Crippen molar-refractivity contribution in [1.82, 2.24) is 5.32 Å². The van der Waals surface area contributed by atoms with Gasteiger partial charge in [-0.2, -0.15) is 23.1 Å². The van der Waals surface area contributed by atoms with E-state index in [1.807, 2.05) is 11.6 Å². The minimum Gasteiger partial charge on any atom is -0.354 e. The molecule has 1 aromatic heterocycles. The summed E-state index contributed by atoms with van der Waals surface area (Å²) in [6.45, 7) is 0.669. The van der Waals surface area contributed by atoms with Gasteiger partial charge in [0.1, 0.15) is 0 Å². The van der Waals surface area contributed by atoms with E-state index in [-0.39, 0.29) is 24.4 Å². The molecule has 3 nitrogen and oxygen atoms in total. The second-order valence-electron chi connectivity index (χ2n) is 3.56. The number of nitrogens with two attached hydrogens (primary N) is 1. The van der Waals surface area contributed by atoms with Crippen LogP contribution in [0, 0.1) is 0 Å². The molecule has 1 atom stereocenters. The molecule has 0 bridgehead atoms. The van der Waals surface area contributed by atoms with Crippen LogP contribution in [0.1, 0.15) is 12.0 Å². The van der Waals surface area contributed by atoms with Crippen molar-refractivity contribution in [2.75, 3.05) is 18.6 Å². The van der Waals surface area contributed by atoms with Crippen LogP contribution in [0.5, 0.6) is 0 Å². The van der Waals surface area contributed by atoms with Gasteiger partial charge < -0.3 is 11.1 Å². The maximum Gasteiger partial charge on any atom is 0.236 e. The van der Waals surface area contributed by atoms with Crippen molar-refractivity contribution >= 4 is 41.4 Å². The first-order chi connectivity index (χ1) is 7.74. The summed E-state index contributed by atoms with van der Waals surface area (Å²) in [4.78, 5) is 11.5. The van der Waals surface area contributed by atoms with Gasteiger partial charge in [0.15, 0.2) is 0 Å². The Morgan fingerprint density at radius 2 is 2.41 bits per heavy atom. The van der Waals surface area contributed by atoms with Gasteiger partial charge in [0.25, 0.3) is 0 Å². The molecule has 6 heteroatoms. The number of hydrogen-bond donors (Lipinski definition) is 2. The van der Waals surface area contributed by atoms with Crippen LogP contribution in [0.15, 0.2) is 16.8 Å². The van der Waals surface area contributed by atoms with Crippen LogP contribution < -0.4 is 11.1 Å². The highest BCUT2D eigenvalue weighted by atomic mass is 35.5. The minimum absolute atomic E-state index is 0. The summed E-state index contributed by atoms with van der Waals surface area (Å²) in [5.41, 5.74) is 7.01. The molecule has 0 spiro atoms. The van der Waals surface area contributed by atoms with Crippen molar-refractivity contribution in [2.24, 2.45) is 5.73 Å². The van der Waals surface area contributed by atoms with E-state index < -0.39 is 0 Å². The van der Waals surface area contributed by atoms with Gasteiger partial charge in [0.05, 0.1) is 6.04 Å². The van der Waals surface area contributed by atoms with E-state index in [9.17, 15) is 4.79 Å². The first-order valence-corrected chi connectivity index (χ1v) is 7.61.